The molecule has 0 atom stereocenters. The lowest BCUT2D eigenvalue weighted by molar-refractivity contribution is 0.0529. The van der Waals surface area contributed by atoms with Crippen molar-refractivity contribution in [3.63, 3.8) is 0 Å². The highest BCUT2D eigenvalue weighted by molar-refractivity contribution is 5.67. The Morgan fingerprint density at radius 1 is 1.38 bits per heavy atom. The largest absolute Gasteiger partial charge is 0.508 e. The van der Waals surface area contributed by atoms with E-state index in [1.165, 1.54) is 0 Å². The Bertz CT molecular complexity index is 503. The molecule has 1 aromatic carbocycles. The Labute approximate surface area is 125 Å². The zero-order chi connectivity index (χ0) is 15.9. The lowest BCUT2D eigenvalue weighted by Crippen LogP contribution is -2.32. The van der Waals surface area contributed by atoms with Crippen LogP contribution in [0.15, 0.2) is 24.3 Å². The molecule has 1 rings (SSSR count). The second-order valence-electron chi connectivity index (χ2n) is 5.55. The summed E-state index contributed by atoms with van der Waals surface area (Å²) < 4.78 is 10.3. The van der Waals surface area contributed by atoms with Crippen molar-refractivity contribution in [1.29, 1.82) is 0 Å². The Hall–Kier alpha value is -2.17. The van der Waals surface area contributed by atoms with Crippen LogP contribution < -0.4 is 10.1 Å². The third-order valence-electron chi connectivity index (χ3n) is 2.49. The van der Waals surface area contributed by atoms with E-state index in [9.17, 15) is 9.90 Å². The topological polar surface area (TPSA) is 67.8 Å². The van der Waals surface area contributed by atoms with E-state index in [0.29, 0.717) is 18.7 Å². The molecule has 0 unspecified atom stereocenters. The van der Waals surface area contributed by atoms with Gasteiger partial charge in [-0.05, 0) is 39.3 Å². The predicted molar refractivity (Wildman–Crippen MR) is 82.5 cm³/mol. The average molecular weight is 293 g/mol. The van der Waals surface area contributed by atoms with Gasteiger partial charge in [-0.2, -0.15) is 0 Å². The lowest BCUT2D eigenvalue weighted by atomic mass is 10.1. The summed E-state index contributed by atoms with van der Waals surface area (Å²) in [7, 11) is 1.55. The van der Waals surface area contributed by atoms with Crippen LogP contribution in [-0.4, -0.2) is 30.5 Å². The molecule has 0 aliphatic heterocycles. The number of phenolic OH excluding ortho intramolecular Hbond substituents is 1. The van der Waals surface area contributed by atoms with Gasteiger partial charge in [0.05, 0.1) is 7.11 Å². The average Bonchev–Trinajstić information content (AvgIpc) is 2.37. The first-order valence-electron chi connectivity index (χ1n) is 6.82. The van der Waals surface area contributed by atoms with E-state index in [2.05, 4.69) is 5.32 Å². The Kier molecular flexibility index (Phi) is 6.09. The molecule has 0 bridgehead atoms. The van der Waals surface area contributed by atoms with Crippen LogP contribution in [0.4, 0.5) is 4.79 Å². The summed E-state index contributed by atoms with van der Waals surface area (Å²) in [4.78, 5) is 11.4. The molecule has 0 fully saturated rings. The van der Waals surface area contributed by atoms with Gasteiger partial charge in [-0.1, -0.05) is 12.2 Å². The minimum atomic E-state index is -0.487. The molecule has 2 N–H and O–H groups in total. The van der Waals surface area contributed by atoms with Gasteiger partial charge < -0.3 is 19.9 Å². The fraction of sp³-hybridized carbons (Fsp3) is 0.438. The van der Waals surface area contributed by atoms with Crippen molar-refractivity contribution in [3.8, 4) is 11.5 Å². The van der Waals surface area contributed by atoms with Crippen molar-refractivity contribution >= 4 is 12.2 Å². The van der Waals surface area contributed by atoms with Crippen molar-refractivity contribution in [2.24, 2.45) is 0 Å². The smallest absolute Gasteiger partial charge is 0.407 e. The maximum atomic E-state index is 11.4. The number of aromatic hydroxyl groups is 1. The van der Waals surface area contributed by atoms with Crippen molar-refractivity contribution in [2.75, 3.05) is 13.7 Å². The number of nitrogens with one attached hydrogen (secondary N) is 1. The van der Waals surface area contributed by atoms with Gasteiger partial charge >= 0.3 is 6.09 Å². The van der Waals surface area contributed by atoms with Gasteiger partial charge in [-0.3, -0.25) is 0 Å². The molecule has 0 aliphatic rings. The van der Waals surface area contributed by atoms with Crippen molar-refractivity contribution in [2.45, 2.75) is 32.8 Å². The van der Waals surface area contributed by atoms with E-state index in [0.717, 1.165) is 5.56 Å². The molecule has 0 aliphatic carbocycles. The molecule has 0 radical (unpaired) electrons. The standard InChI is InChI=1S/C16H23NO4/c1-16(2,3)21-15(19)17-10-6-5-7-12-8-9-13(18)11-14(12)20-4/h5,7-9,11,18H,6,10H2,1-4H3,(H,17,19). The fourth-order valence-electron chi connectivity index (χ4n) is 1.62. The number of phenols is 1. The van der Waals surface area contributed by atoms with Crippen molar-refractivity contribution in [1.82, 2.24) is 5.32 Å². The molecule has 1 amide bonds. The second-order valence-corrected chi connectivity index (χ2v) is 5.55. The molecule has 0 heterocycles. The minimum Gasteiger partial charge on any atom is -0.508 e. The Morgan fingerprint density at radius 3 is 2.71 bits per heavy atom. The highest BCUT2D eigenvalue weighted by Gasteiger charge is 2.15. The van der Waals surface area contributed by atoms with Crippen LogP contribution >= 0.6 is 0 Å². The number of benzene rings is 1. The summed E-state index contributed by atoms with van der Waals surface area (Å²) in [5, 5.41) is 12.0. The van der Waals surface area contributed by atoms with Gasteiger partial charge in [0.1, 0.15) is 17.1 Å². The van der Waals surface area contributed by atoms with Crippen LogP contribution in [0.1, 0.15) is 32.8 Å². The molecule has 0 aromatic heterocycles. The normalized spacial score (nSPS) is 11.4. The molecule has 1 aromatic rings. The predicted octanol–water partition coefficient (Wildman–Crippen LogP) is 3.33. The summed E-state index contributed by atoms with van der Waals surface area (Å²) in [5.41, 5.74) is 0.381. The number of alkyl carbamates (subject to hydrolysis) is 1. The highest BCUT2D eigenvalue weighted by Crippen LogP contribution is 2.24. The maximum Gasteiger partial charge on any atom is 0.407 e. The van der Waals surface area contributed by atoms with Crippen LogP contribution in [0, 0.1) is 0 Å². The van der Waals surface area contributed by atoms with Crippen LogP contribution in [0.2, 0.25) is 0 Å². The monoisotopic (exact) mass is 293 g/mol. The zero-order valence-electron chi connectivity index (χ0n) is 13.0. The molecule has 5 nitrogen and oxygen atoms in total. The molecule has 116 valence electrons. The minimum absolute atomic E-state index is 0.163. The number of hydrogen-bond donors (Lipinski definition) is 2. The molecule has 21 heavy (non-hydrogen) atoms. The summed E-state index contributed by atoms with van der Waals surface area (Å²) >= 11 is 0. The van der Waals surface area contributed by atoms with Crippen LogP contribution in [0.3, 0.4) is 0 Å². The van der Waals surface area contributed by atoms with Gasteiger partial charge in [0.2, 0.25) is 0 Å². The van der Waals surface area contributed by atoms with Crippen LogP contribution in [0.25, 0.3) is 6.08 Å². The van der Waals surface area contributed by atoms with Gasteiger partial charge in [-0.25, -0.2) is 4.79 Å². The first kappa shape index (κ1) is 16.9. The molecule has 0 saturated heterocycles. The number of hydrogen-bond acceptors (Lipinski definition) is 4. The van der Waals surface area contributed by atoms with Gasteiger partial charge in [0.15, 0.2) is 0 Å². The summed E-state index contributed by atoms with van der Waals surface area (Å²) in [6, 6.07) is 4.92. The maximum absolute atomic E-state index is 11.4. The summed E-state index contributed by atoms with van der Waals surface area (Å²) in [6.07, 6.45) is 4.06. The number of carbonyl (C=O) groups excluding carboxylic acids is 1. The SMILES string of the molecule is COc1cc(O)ccc1C=CCCNC(=O)OC(C)(C)C. The van der Waals surface area contributed by atoms with Crippen LogP contribution in [-0.2, 0) is 4.74 Å². The number of rotatable bonds is 5. The lowest BCUT2D eigenvalue weighted by Gasteiger charge is -2.19. The van der Waals surface area contributed by atoms with E-state index in [1.54, 1.807) is 25.3 Å². The molecular formula is C16H23NO4. The highest BCUT2D eigenvalue weighted by atomic mass is 16.6. The Morgan fingerprint density at radius 2 is 2.10 bits per heavy atom. The molecule has 0 spiro atoms. The second kappa shape index (κ2) is 7.57. The number of amides is 1. The molecule has 0 saturated carbocycles. The van der Waals surface area contributed by atoms with Crippen molar-refractivity contribution < 1.29 is 19.4 Å². The quantitative estimate of drug-likeness (QED) is 0.817. The van der Waals surface area contributed by atoms with Gasteiger partial charge in [-0.15, -0.1) is 0 Å². The van der Waals surface area contributed by atoms with Gasteiger partial charge in [0.25, 0.3) is 0 Å². The fourth-order valence-corrected chi connectivity index (χ4v) is 1.62. The number of carbonyl (C=O) groups is 1. The summed E-state index contributed by atoms with van der Waals surface area (Å²) in [5.74, 6) is 0.766. The van der Waals surface area contributed by atoms with Gasteiger partial charge in [0, 0.05) is 18.2 Å². The van der Waals surface area contributed by atoms with E-state index in [1.807, 2.05) is 32.9 Å². The number of methoxy groups -OCH3 is 1. The number of ether oxygens (including phenoxy) is 2. The Balaban J connectivity index is 2.41. The first-order valence-corrected chi connectivity index (χ1v) is 6.82. The molecular weight excluding hydrogens is 270 g/mol. The third-order valence-corrected chi connectivity index (χ3v) is 2.49. The van der Waals surface area contributed by atoms with E-state index in [-0.39, 0.29) is 5.75 Å². The van der Waals surface area contributed by atoms with E-state index in [4.69, 9.17) is 9.47 Å². The van der Waals surface area contributed by atoms with E-state index >= 15 is 0 Å². The first-order chi connectivity index (χ1) is 9.81. The molecule has 5 heteroatoms. The third kappa shape index (κ3) is 6.70. The van der Waals surface area contributed by atoms with Crippen LogP contribution in [0.5, 0.6) is 11.5 Å². The van der Waals surface area contributed by atoms with E-state index < -0.39 is 11.7 Å². The summed E-state index contributed by atoms with van der Waals surface area (Å²) in [6.45, 7) is 5.96. The zero-order valence-corrected chi connectivity index (χ0v) is 13.0. The van der Waals surface area contributed by atoms with Crippen molar-refractivity contribution in [3.05, 3.63) is 29.8 Å².